The van der Waals surface area contributed by atoms with Crippen molar-refractivity contribution < 1.29 is 5.11 Å². The summed E-state index contributed by atoms with van der Waals surface area (Å²) in [5.74, 6) is 0.370. The summed E-state index contributed by atoms with van der Waals surface area (Å²) in [6, 6.07) is 12.9. The molecule has 1 aliphatic carbocycles. The van der Waals surface area contributed by atoms with Crippen molar-refractivity contribution in [1.82, 2.24) is 0 Å². The number of phenols is 1. The molecule has 2 heteroatoms. The molecule has 19 heavy (non-hydrogen) atoms. The average molecular weight is 253 g/mol. The minimum atomic E-state index is 0.370. The summed E-state index contributed by atoms with van der Waals surface area (Å²) >= 11 is 0. The number of phenolic OH excluding ortho intramolecular Hbond substituents is 1. The molecule has 0 spiro atoms. The second-order valence-electron chi connectivity index (χ2n) is 5.39. The Kier molecular flexibility index (Phi) is 2.94. The largest absolute Gasteiger partial charge is 0.508 e. The first-order chi connectivity index (χ1) is 9.15. The maximum Gasteiger partial charge on any atom is 0.118 e. The monoisotopic (exact) mass is 253 g/mol. The molecule has 0 saturated carbocycles. The van der Waals surface area contributed by atoms with Gasteiger partial charge < -0.3 is 10.4 Å². The minimum Gasteiger partial charge on any atom is -0.508 e. The van der Waals surface area contributed by atoms with Crippen molar-refractivity contribution in [3.63, 3.8) is 0 Å². The standard InChI is InChI=1S/C17H19NO/c1-11-10-17(19)12(2)9-16(11)18-15-8-7-13-5-3-4-6-14(13)15/h3-6,9-10,15,18-19H,7-8H2,1-2H3. The van der Waals surface area contributed by atoms with Crippen LogP contribution in [-0.2, 0) is 6.42 Å². The van der Waals surface area contributed by atoms with Gasteiger partial charge in [-0.3, -0.25) is 0 Å². The van der Waals surface area contributed by atoms with Gasteiger partial charge in [-0.2, -0.15) is 0 Å². The van der Waals surface area contributed by atoms with Gasteiger partial charge in [0.25, 0.3) is 0 Å². The molecular formula is C17H19NO. The Morgan fingerprint density at radius 3 is 2.74 bits per heavy atom. The van der Waals surface area contributed by atoms with Crippen molar-refractivity contribution in [3.05, 3.63) is 58.7 Å². The van der Waals surface area contributed by atoms with Crippen molar-refractivity contribution in [2.75, 3.05) is 5.32 Å². The molecule has 1 unspecified atom stereocenters. The van der Waals surface area contributed by atoms with Crippen LogP contribution in [-0.4, -0.2) is 5.11 Å². The first-order valence-corrected chi connectivity index (χ1v) is 6.79. The molecule has 1 aliphatic rings. The Morgan fingerprint density at radius 1 is 1.11 bits per heavy atom. The average Bonchev–Trinajstić information content (AvgIpc) is 2.80. The Morgan fingerprint density at radius 2 is 1.89 bits per heavy atom. The van der Waals surface area contributed by atoms with E-state index in [1.165, 1.54) is 11.1 Å². The van der Waals surface area contributed by atoms with E-state index in [1.807, 2.05) is 26.0 Å². The number of nitrogens with one attached hydrogen (secondary N) is 1. The highest BCUT2D eigenvalue weighted by Crippen LogP contribution is 2.35. The molecule has 0 aliphatic heterocycles. The van der Waals surface area contributed by atoms with E-state index in [4.69, 9.17) is 0 Å². The first-order valence-electron chi connectivity index (χ1n) is 6.79. The Labute approximate surface area is 114 Å². The van der Waals surface area contributed by atoms with Crippen molar-refractivity contribution in [1.29, 1.82) is 0 Å². The summed E-state index contributed by atoms with van der Waals surface area (Å²) in [7, 11) is 0. The lowest BCUT2D eigenvalue weighted by Gasteiger charge is -2.18. The van der Waals surface area contributed by atoms with Crippen LogP contribution < -0.4 is 5.32 Å². The van der Waals surface area contributed by atoms with Gasteiger partial charge in [-0.25, -0.2) is 0 Å². The van der Waals surface area contributed by atoms with Crippen molar-refractivity contribution in [2.24, 2.45) is 0 Å². The van der Waals surface area contributed by atoms with Crippen LogP contribution in [0.3, 0.4) is 0 Å². The zero-order valence-electron chi connectivity index (χ0n) is 11.4. The molecule has 2 N–H and O–H groups in total. The predicted octanol–water partition coefficient (Wildman–Crippen LogP) is 4.11. The summed E-state index contributed by atoms with van der Waals surface area (Å²) in [5, 5.41) is 13.3. The molecule has 0 aromatic heterocycles. The van der Waals surface area contributed by atoms with Gasteiger partial charge in [0.05, 0.1) is 6.04 Å². The first kappa shape index (κ1) is 12.1. The number of aryl methyl sites for hydroxylation is 3. The summed E-state index contributed by atoms with van der Waals surface area (Å²) in [4.78, 5) is 0. The van der Waals surface area contributed by atoms with Crippen LogP contribution in [0.1, 0.15) is 34.7 Å². The van der Waals surface area contributed by atoms with Gasteiger partial charge in [0.1, 0.15) is 5.75 Å². The molecule has 0 heterocycles. The van der Waals surface area contributed by atoms with Crippen LogP contribution in [0.4, 0.5) is 5.69 Å². The molecule has 2 nitrogen and oxygen atoms in total. The van der Waals surface area contributed by atoms with Gasteiger partial charge in [-0.05, 0) is 61.1 Å². The van der Waals surface area contributed by atoms with Gasteiger partial charge in [-0.1, -0.05) is 24.3 Å². The predicted molar refractivity (Wildman–Crippen MR) is 78.7 cm³/mol. The molecule has 0 bridgehead atoms. The van der Waals surface area contributed by atoms with E-state index in [0.29, 0.717) is 11.8 Å². The van der Waals surface area contributed by atoms with E-state index in [1.54, 1.807) is 0 Å². The molecular weight excluding hydrogens is 234 g/mol. The zero-order valence-corrected chi connectivity index (χ0v) is 11.4. The fourth-order valence-corrected chi connectivity index (χ4v) is 2.85. The normalized spacial score (nSPS) is 17.3. The molecule has 2 aromatic rings. The molecule has 0 fully saturated rings. The van der Waals surface area contributed by atoms with E-state index in [9.17, 15) is 5.11 Å². The van der Waals surface area contributed by atoms with Gasteiger partial charge in [0, 0.05) is 5.69 Å². The number of benzene rings is 2. The third-order valence-corrected chi connectivity index (χ3v) is 4.01. The lowest BCUT2D eigenvalue weighted by Crippen LogP contribution is -2.08. The molecule has 0 radical (unpaired) electrons. The van der Waals surface area contributed by atoms with Gasteiger partial charge >= 0.3 is 0 Å². The fraction of sp³-hybridized carbons (Fsp3) is 0.294. The van der Waals surface area contributed by atoms with E-state index >= 15 is 0 Å². The SMILES string of the molecule is Cc1cc(NC2CCc3ccccc32)c(C)cc1O. The van der Waals surface area contributed by atoms with Crippen molar-refractivity contribution in [2.45, 2.75) is 32.7 Å². The van der Waals surface area contributed by atoms with Crippen LogP contribution >= 0.6 is 0 Å². The Bertz CT molecular complexity index is 619. The van der Waals surface area contributed by atoms with E-state index < -0.39 is 0 Å². The number of aromatic hydroxyl groups is 1. The number of hydrogen-bond donors (Lipinski definition) is 2. The van der Waals surface area contributed by atoms with Crippen molar-refractivity contribution >= 4 is 5.69 Å². The number of anilines is 1. The number of rotatable bonds is 2. The molecule has 3 rings (SSSR count). The van der Waals surface area contributed by atoms with Crippen LogP contribution in [0.2, 0.25) is 0 Å². The Hall–Kier alpha value is -1.96. The topological polar surface area (TPSA) is 32.3 Å². The zero-order chi connectivity index (χ0) is 13.4. The quantitative estimate of drug-likeness (QED) is 0.789. The molecule has 0 amide bonds. The summed E-state index contributed by atoms with van der Waals surface area (Å²) in [6.07, 6.45) is 2.28. The number of fused-ring (bicyclic) bond motifs is 1. The van der Waals surface area contributed by atoms with Gasteiger partial charge in [0.2, 0.25) is 0 Å². The summed E-state index contributed by atoms with van der Waals surface area (Å²) in [5.41, 5.74) is 5.99. The van der Waals surface area contributed by atoms with Crippen molar-refractivity contribution in [3.8, 4) is 5.75 Å². The lowest BCUT2D eigenvalue weighted by molar-refractivity contribution is 0.470. The molecule has 0 saturated heterocycles. The third-order valence-electron chi connectivity index (χ3n) is 4.01. The van der Waals surface area contributed by atoms with E-state index in [-0.39, 0.29) is 0 Å². The third kappa shape index (κ3) is 2.19. The van der Waals surface area contributed by atoms with E-state index in [2.05, 4.69) is 29.6 Å². The minimum absolute atomic E-state index is 0.370. The van der Waals surface area contributed by atoms with Gasteiger partial charge in [0.15, 0.2) is 0 Å². The fourth-order valence-electron chi connectivity index (χ4n) is 2.85. The molecule has 2 aromatic carbocycles. The van der Waals surface area contributed by atoms with Crippen LogP contribution in [0, 0.1) is 13.8 Å². The second-order valence-corrected chi connectivity index (χ2v) is 5.39. The van der Waals surface area contributed by atoms with Crippen LogP contribution in [0.15, 0.2) is 36.4 Å². The Balaban J connectivity index is 1.89. The second kappa shape index (κ2) is 4.61. The maximum atomic E-state index is 9.72. The summed E-state index contributed by atoms with van der Waals surface area (Å²) in [6.45, 7) is 3.96. The number of hydrogen-bond acceptors (Lipinski definition) is 2. The maximum absolute atomic E-state index is 9.72. The molecule has 1 atom stereocenters. The highest BCUT2D eigenvalue weighted by Gasteiger charge is 2.22. The highest BCUT2D eigenvalue weighted by molar-refractivity contribution is 5.58. The smallest absolute Gasteiger partial charge is 0.118 e. The van der Waals surface area contributed by atoms with Gasteiger partial charge in [-0.15, -0.1) is 0 Å². The lowest BCUT2D eigenvalue weighted by atomic mass is 10.1. The van der Waals surface area contributed by atoms with Crippen LogP contribution in [0.5, 0.6) is 5.75 Å². The molecule has 98 valence electrons. The highest BCUT2D eigenvalue weighted by atomic mass is 16.3. The summed E-state index contributed by atoms with van der Waals surface area (Å²) < 4.78 is 0. The van der Waals surface area contributed by atoms with E-state index in [0.717, 1.165) is 29.7 Å². The van der Waals surface area contributed by atoms with Crippen LogP contribution in [0.25, 0.3) is 0 Å².